The van der Waals surface area contributed by atoms with Gasteiger partial charge in [-0.2, -0.15) is 11.2 Å². The van der Waals surface area contributed by atoms with Gasteiger partial charge in [-0.15, -0.1) is 41.3 Å². The molecule has 0 N–H and O–H groups in total. The Balaban J connectivity index is 0.00000465. The zero-order valence-electron chi connectivity index (χ0n) is 32.6. The Morgan fingerprint density at radius 2 is 1.49 bits per heavy atom. The van der Waals surface area contributed by atoms with Gasteiger partial charge in [0.2, 0.25) is 0 Å². The number of pyridine rings is 1. The molecule has 3 heterocycles. The Kier molecular flexibility index (Phi) is 11.0. The molecule has 8 rings (SSSR count). The Morgan fingerprint density at radius 1 is 0.745 bits per heavy atom. The second kappa shape index (κ2) is 15.8. The number of hydrogen-bond acceptors (Lipinski definition) is 3. The Labute approximate surface area is 339 Å². The summed E-state index contributed by atoms with van der Waals surface area (Å²) in [5, 5.41) is 7.50. The molecular formula is C49H46N4OPt. The quantitative estimate of drug-likeness (QED) is 0.128. The first kappa shape index (κ1) is 38.0. The van der Waals surface area contributed by atoms with Crippen LogP contribution in [-0.2, 0) is 27.5 Å². The molecule has 0 radical (unpaired) electrons. The van der Waals surface area contributed by atoms with E-state index in [1.165, 1.54) is 27.8 Å². The van der Waals surface area contributed by atoms with E-state index in [9.17, 15) is 0 Å². The molecular weight excluding hydrogens is 856 g/mol. The Morgan fingerprint density at radius 3 is 2.24 bits per heavy atom. The molecule has 0 aliphatic carbocycles. The minimum absolute atomic E-state index is 0. The Hall–Kier alpha value is -5.25. The van der Waals surface area contributed by atoms with Crippen LogP contribution >= 0.6 is 0 Å². The molecule has 5 aromatic carbocycles. The van der Waals surface area contributed by atoms with E-state index in [1.807, 2.05) is 12.3 Å². The maximum absolute atomic E-state index is 6.74. The van der Waals surface area contributed by atoms with E-state index >= 15 is 0 Å². The van der Waals surface area contributed by atoms with Crippen molar-refractivity contribution in [3.8, 4) is 45.4 Å². The van der Waals surface area contributed by atoms with Crippen LogP contribution in [0.2, 0.25) is 0 Å². The van der Waals surface area contributed by atoms with Crippen molar-refractivity contribution in [1.82, 2.24) is 19.3 Å². The number of nitrogens with zero attached hydrogens (tertiary/aromatic N) is 4. The van der Waals surface area contributed by atoms with E-state index in [4.69, 9.17) is 14.8 Å². The number of rotatable bonds is 10. The van der Waals surface area contributed by atoms with Crippen molar-refractivity contribution in [2.24, 2.45) is 0 Å². The molecule has 278 valence electrons. The number of fused-ring (bicyclic) bond motifs is 3. The van der Waals surface area contributed by atoms with Crippen LogP contribution in [0.15, 0.2) is 109 Å². The predicted octanol–water partition coefficient (Wildman–Crippen LogP) is 12.8. The van der Waals surface area contributed by atoms with Crippen LogP contribution in [0.25, 0.3) is 55.7 Å². The average Bonchev–Trinajstić information content (AvgIpc) is 3.68. The topological polar surface area (TPSA) is 44.9 Å². The molecule has 0 saturated heterocycles. The van der Waals surface area contributed by atoms with E-state index in [2.05, 4.69) is 167 Å². The minimum atomic E-state index is 0. The van der Waals surface area contributed by atoms with Crippen molar-refractivity contribution in [1.29, 1.82) is 0 Å². The van der Waals surface area contributed by atoms with Gasteiger partial charge in [0.1, 0.15) is 5.82 Å². The second-order valence-electron chi connectivity index (χ2n) is 14.8. The van der Waals surface area contributed by atoms with Gasteiger partial charge in [-0.3, -0.25) is 4.68 Å². The summed E-state index contributed by atoms with van der Waals surface area (Å²) in [6.07, 6.45) is 5.24. The third-order valence-corrected chi connectivity index (χ3v) is 10.4. The van der Waals surface area contributed by atoms with Crippen molar-refractivity contribution in [2.45, 2.75) is 73.6 Å². The molecule has 5 nitrogen and oxygen atoms in total. The molecule has 0 aliphatic heterocycles. The zero-order chi connectivity index (χ0) is 37.5. The van der Waals surface area contributed by atoms with Gasteiger partial charge in [0, 0.05) is 34.3 Å². The number of ether oxygens (including phenoxy) is 1. The van der Waals surface area contributed by atoms with Crippen LogP contribution in [-0.4, -0.2) is 19.3 Å². The fraction of sp³-hybridized carbons (Fsp3) is 0.224. The third-order valence-electron chi connectivity index (χ3n) is 10.4. The molecule has 55 heavy (non-hydrogen) atoms. The van der Waals surface area contributed by atoms with E-state index in [1.54, 1.807) is 0 Å². The van der Waals surface area contributed by atoms with Crippen molar-refractivity contribution in [3.63, 3.8) is 0 Å². The summed E-state index contributed by atoms with van der Waals surface area (Å²) in [5.41, 5.74) is 14.5. The first-order chi connectivity index (χ1) is 26.2. The van der Waals surface area contributed by atoms with Gasteiger partial charge in [-0.25, -0.2) is 4.98 Å². The summed E-state index contributed by atoms with van der Waals surface area (Å²) in [6, 6.07) is 43.6. The van der Waals surface area contributed by atoms with Gasteiger partial charge in [0.25, 0.3) is 0 Å². The molecule has 3 aromatic heterocycles. The number of unbranched alkanes of at least 4 members (excludes halogenated alkanes) is 1. The number of para-hydroxylation sites is 1. The maximum atomic E-state index is 6.74. The standard InChI is InChI=1S/C49H46N4O.Pt/c1-8-9-15-36-22-23-50-46(26-36)52-44-19-14-13-18-42(44)43-21-20-40(30-45(43)52)54-41-28-38(31(2)3)27-39(29-41)53-49(37-16-11-10-12-17-37)48(35(7)51-53)47-33(5)24-32(4)25-34(47)6;/h10-14,16-28,31H,8-9,15H2,1-7H3;/q-2;+2. The molecule has 0 spiro atoms. The SMILES string of the molecule is CCCCc1ccnc(-n2c3[c-]c(Oc4[c-]c(-n5nc(C)c(-c6c(C)cc(C)cc6C)c5-c5ccccc5)cc(C(C)C)c4)ccc3c3ccccc32)c1.[Pt+2]. The van der Waals surface area contributed by atoms with Gasteiger partial charge in [0.15, 0.2) is 0 Å². The Bertz CT molecular complexity index is 2630. The number of hydrogen-bond donors (Lipinski definition) is 0. The summed E-state index contributed by atoms with van der Waals surface area (Å²) < 4.78 is 11.0. The molecule has 0 saturated carbocycles. The average molecular weight is 902 g/mol. The number of aromatic nitrogens is 4. The van der Waals surface area contributed by atoms with Crippen molar-refractivity contribution < 1.29 is 25.8 Å². The summed E-state index contributed by atoms with van der Waals surface area (Å²) >= 11 is 0. The van der Waals surface area contributed by atoms with Gasteiger partial charge in [-0.05, 0) is 98.0 Å². The first-order valence-corrected chi connectivity index (χ1v) is 19.1. The monoisotopic (exact) mass is 901 g/mol. The van der Waals surface area contributed by atoms with Crippen LogP contribution in [0.5, 0.6) is 11.5 Å². The molecule has 0 unspecified atom stereocenters. The largest absolute Gasteiger partial charge is 2.00 e. The molecule has 0 amide bonds. The second-order valence-corrected chi connectivity index (χ2v) is 14.8. The van der Waals surface area contributed by atoms with Crippen LogP contribution in [0.1, 0.15) is 73.0 Å². The van der Waals surface area contributed by atoms with Gasteiger partial charge < -0.3 is 9.30 Å². The molecule has 0 aliphatic rings. The van der Waals surface area contributed by atoms with Crippen LogP contribution in [0, 0.1) is 39.8 Å². The van der Waals surface area contributed by atoms with E-state index in [-0.39, 0.29) is 27.0 Å². The van der Waals surface area contributed by atoms with Gasteiger partial charge >= 0.3 is 21.1 Å². The molecule has 6 heteroatoms. The summed E-state index contributed by atoms with van der Waals surface area (Å²) in [7, 11) is 0. The zero-order valence-corrected chi connectivity index (χ0v) is 34.9. The summed E-state index contributed by atoms with van der Waals surface area (Å²) in [5.74, 6) is 2.36. The summed E-state index contributed by atoms with van der Waals surface area (Å²) in [6.45, 7) is 15.3. The maximum Gasteiger partial charge on any atom is 2.00 e. The third kappa shape index (κ3) is 7.31. The van der Waals surface area contributed by atoms with Crippen LogP contribution in [0.4, 0.5) is 0 Å². The number of benzene rings is 5. The molecule has 0 atom stereocenters. The molecule has 0 bridgehead atoms. The van der Waals surface area contributed by atoms with Gasteiger partial charge in [0.05, 0.1) is 11.4 Å². The van der Waals surface area contributed by atoms with E-state index in [0.29, 0.717) is 11.5 Å². The fourth-order valence-electron chi connectivity index (χ4n) is 7.90. The molecule has 8 aromatic rings. The molecule has 0 fully saturated rings. The normalized spacial score (nSPS) is 11.4. The van der Waals surface area contributed by atoms with Crippen LogP contribution < -0.4 is 4.74 Å². The van der Waals surface area contributed by atoms with Crippen molar-refractivity contribution >= 4 is 21.8 Å². The van der Waals surface area contributed by atoms with E-state index < -0.39 is 0 Å². The minimum Gasteiger partial charge on any atom is -0.509 e. The van der Waals surface area contributed by atoms with Gasteiger partial charge in [-0.1, -0.05) is 98.9 Å². The van der Waals surface area contributed by atoms with Crippen molar-refractivity contribution in [3.05, 3.63) is 155 Å². The number of aryl methyl sites for hydroxylation is 5. The first-order valence-electron chi connectivity index (χ1n) is 19.1. The smallest absolute Gasteiger partial charge is 0.509 e. The fourth-order valence-corrected chi connectivity index (χ4v) is 7.90. The summed E-state index contributed by atoms with van der Waals surface area (Å²) in [4.78, 5) is 4.85. The van der Waals surface area contributed by atoms with E-state index in [0.717, 1.165) is 80.7 Å². The predicted molar refractivity (Wildman–Crippen MR) is 222 cm³/mol. The van der Waals surface area contributed by atoms with Crippen LogP contribution in [0.3, 0.4) is 0 Å². The van der Waals surface area contributed by atoms with Crippen molar-refractivity contribution in [2.75, 3.05) is 0 Å².